The Morgan fingerprint density at radius 2 is 2.43 bits per heavy atom. The van der Waals surface area contributed by atoms with Gasteiger partial charge in [-0.25, -0.2) is 15.4 Å². The van der Waals surface area contributed by atoms with E-state index in [4.69, 9.17) is 0 Å². The van der Waals surface area contributed by atoms with Crippen molar-refractivity contribution in [1.82, 2.24) is 5.43 Å². The van der Waals surface area contributed by atoms with Crippen LogP contribution in [-0.2, 0) is 0 Å². The Bertz CT molecular complexity index is 338. The molecule has 0 amide bonds. The third-order valence-corrected chi connectivity index (χ3v) is 1.85. The Kier molecular flexibility index (Phi) is 2.34. The Labute approximate surface area is 81.9 Å². The van der Waals surface area contributed by atoms with Crippen molar-refractivity contribution in [2.45, 2.75) is 19.9 Å². The van der Waals surface area contributed by atoms with Crippen LogP contribution in [-0.4, -0.2) is 30.6 Å². The minimum Gasteiger partial charge on any atom is -0.268 e. The fraction of sp³-hybridized carbons (Fsp3) is 0.625. The van der Waals surface area contributed by atoms with Crippen LogP contribution in [0.25, 0.3) is 0 Å². The van der Waals surface area contributed by atoms with Gasteiger partial charge in [0.25, 0.3) is 0 Å². The SMILES string of the molecule is CC(C)CN=C1N=CN=C2NN=NC12. The Morgan fingerprint density at radius 1 is 1.57 bits per heavy atom. The summed E-state index contributed by atoms with van der Waals surface area (Å²) >= 11 is 0. The van der Waals surface area contributed by atoms with Crippen molar-refractivity contribution in [3.05, 3.63) is 0 Å². The highest BCUT2D eigenvalue weighted by Gasteiger charge is 2.27. The highest BCUT2D eigenvalue weighted by molar-refractivity contribution is 6.16. The molecule has 0 spiro atoms. The lowest BCUT2D eigenvalue weighted by Gasteiger charge is -2.10. The van der Waals surface area contributed by atoms with E-state index < -0.39 is 0 Å². The number of hydrogen-bond acceptors (Lipinski definition) is 5. The van der Waals surface area contributed by atoms with Gasteiger partial charge in [-0.1, -0.05) is 19.1 Å². The molecule has 14 heavy (non-hydrogen) atoms. The molecule has 6 nitrogen and oxygen atoms in total. The molecule has 0 saturated heterocycles. The maximum Gasteiger partial charge on any atom is 0.191 e. The summed E-state index contributed by atoms with van der Waals surface area (Å²) in [5.41, 5.74) is 2.71. The molecule has 6 heteroatoms. The van der Waals surface area contributed by atoms with Gasteiger partial charge in [-0.15, -0.1) is 0 Å². The number of amidine groups is 2. The highest BCUT2D eigenvalue weighted by Crippen LogP contribution is 2.09. The van der Waals surface area contributed by atoms with Crippen LogP contribution in [0, 0.1) is 5.92 Å². The first-order valence-corrected chi connectivity index (χ1v) is 4.58. The number of nitrogens with one attached hydrogen (secondary N) is 1. The zero-order chi connectivity index (χ0) is 9.97. The highest BCUT2D eigenvalue weighted by atomic mass is 15.5. The van der Waals surface area contributed by atoms with Gasteiger partial charge in [0.1, 0.15) is 6.34 Å². The molecule has 0 aromatic rings. The van der Waals surface area contributed by atoms with E-state index in [-0.39, 0.29) is 6.04 Å². The first-order valence-electron chi connectivity index (χ1n) is 4.58. The molecule has 2 aliphatic rings. The predicted octanol–water partition coefficient (Wildman–Crippen LogP) is 0.820. The average molecular weight is 192 g/mol. The molecule has 1 unspecified atom stereocenters. The van der Waals surface area contributed by atoms with Gasteiger partial charge in [0.15, 0.2) is 17.7 Å². The summed E-state index contributed by atoms with van der Waals surface area (Å²) in [4.78, 5) is 12.5. The molecule has 0 aromatic carbocycles. The van der Waals surface area contributed by atoms with Crippen LogP contribution < -0.4 is 5.43 Å². The quantitative estimate of drug-likeness (QED) is 0.691. The predicted molar refractivity (Wildman–Crippen MR) is 54.8 cm³/mol. The van der Waals surface area contributed by atoms with Crippen molar-refractivity contribution in [2.75, 3.05) is 6.54 Å². The second-order valence-electron chi connectivity index (χ2n) is 3.58. The summed E-state index contributed by atoms with van der Waals surface area (Å²) in [6, 6.07) is -0.209. The third-order valence-electron chi connectivity index (χ3n) is 1.85. The molecule has 0 aliphatic carbocycles. The molecule has 74 valence electrons. The Hall–Kier alpha value is -1.59. The molecule has 1 atom stereocenters. The van der Waals surface area contributed by atoms with Crippen LogP contribution in [0.5, 0.6) is 0 Å². The summed E-state index contributed by atoms with van der Waals surface area (Å²) in [6.07, 6.45) is 1.48. The van der Waals surface area contributed by atoms with Crippen molar-refractivity contribution >= 4 is 18.0 Å². The minimum absolute atomic E-state index is 0.209. The zero-order valence-corrected chi connectivity index (χ0v) is 8.18. The van der Waals surface area contributed by atoms with Gasteiger partial charge in [-0.3, -0.25) is 4.99 Å². The molecule has 2 aliphatic heterocycles. The fourth-order valence-corrected chi connectivity index (χ4v) is 1.15. The normalized spacial score (nSPS) is 26.6. The summed E-state index contributed by atoms with van der Waals surface area (Å²) < 4.78 is 0. The molecule has 2 rings (SSSR count). The first-order chi connectivity index (χ1) is 6.77. The van der Waals surface area contributed by atoms with Crippen LogP contribution in [0.2, 0.25) is 0 Å². The van der Waals surface area contributed by atoms with Crippen molar-refractivity contribution in [3.8, 4) is 0 Å². The summed E-state index contributed by atoms with van der Waals surface area (Å²) in [5.74, 6) is 1.92. The topological polar surface area (TPSA) is 73.8 Å². The van der Waals surface area contributed by atoms with E-state index in [1.54, 1.807) is 0 Å². The van der Waals surface area contributed by atoms with E-state index in [0.717, 1.165) is 6.54 Å². The van der Waals surface area contributed by atoms with Crippen molar-refractivity contribution < 1.29 is 0 Å². The molecule has 0 fully saturated rings. The standard InChI is InChI=1S/C8H12N6/c1-5(2)3-9-7-6-8(11-4-10-7)13-14-12-6/h4-6H,3H2,1-2H3,(H,9,10,11,12,13). The van der Waals surface area contributed by atoms with Crippen LogP contribution in [0.15, 0.2) is 25.3 Å². The molecule has 0 bridgehead atoms. The fourth-order valence-electron chi connectivity index (χ4n) is 1.15. The molecular formula is C8H12N6. The van der Waals surface area contributed by atoms with Gasteiger partial charge in [0.05, 0.1) is 0 Å². The number of hydrogen-bond donors (Lipinski definition) is 1. The number of rotatable bonds is 2. The lowest BCUT2D eigenvalue weighted by atomic mass is 10.2. The smallest absolute Gasteiger partial charge is 0.191 e. The maximum absolute atomic E-state index is 4.37. The van der Waals surface area contributed by atoms with E-state index in [0.29, 0.717) is 17.6 Å². The van der Waals surface area contributed by atoms with Crippen molar-refractivity contribution in [3.63, 3.8) is 0 Å². The summed E-state index contributed by atoms with van der Waals surface area (Å²) in [5, 5.41) is 7.64. The lowest BCUT2D eigenvalue weighted by molar-refractivity contribution is 0.663. The Morgan fingerprint density at radius 3 is 3.21 bits per heavy atom. The second kappa shape index (κ2) is 3.65. The van der Waals surface area contributed by atoms with Crippen molar-refractivity contribution in [2.24, 2.45) is 31.2 Å². The zero-order valence-electron chi connectivity index (χ0n) is 8.18. The van der Waals surface area contributed by atoms with Gasteiger partial charge in [-0.05, 0) is 5.92 Å². The van der Waals surface area contributed by atoms with Crippen LogP contribution in [0.4, 0.5) is 0 Å². The number of nitrogens with zero attached hydrogens (tertiary/aromatic N) is 5. The molecule has 1 N–H and O–H groups in total. The van der Waals surface area contributed by atoms with Gasteiger partial charge in [0, 0.05) is 6.54 Å². The third kappa shape index (κ3) is 1.68. The monoisotopic (exact) mass is 192 g/mol. The number of fused-ring (bicyclic) bond motifs is 1. The van der Waals surface area contributed by atoms with Crippen molar-refractivity contribution in [1.29, 1.82) is 0 Å². The maximum atomic E-state index is 4.37. The van der Waals surface area contributed by atoms with E-state index in [2.05, 4.69) is 44.6 Å². The van der Waals surface area contributed by atoms with E-state index >= 15 is 0 Å². The van der Waals surface area contributed by atoms with Gasteiger partial charge >= 0.3 is 0 Å². The molecular weight excluding hydrogens is 180 g/mol. The molecule has 0 radical (unpaired) electrons. The minimum atomic E-state index is -0.209. The largest absolute Gasteiger partial charge is 0.268 e. The van der Waals surface area contributed by atoms with Crippen LogP contribution in [0.3, 0.4) is 0 Å². The molecule has 0 aromatic heterocycles. The second-order valence-corrected chi connectivity index (χ2v) is 3.58. The van der Waals surface area contributed by atoms with E-state index in [9.17, 15) is 0 Å². The summed E-state index contributed by atoms with van der Waals surface area (Å²) in [7, 11) is 0. The van der Waals surface area contributed by atoms with Crippen LogP contribution >= 0.6 is 0 Å². The van der Waals surface area contributed by atoms with E-state index in [1.807, 2.05) is 0 Å². The molecule has 2 heterocycles. The average Bonchev–Trinajstić information content (AvgIpc) is 2.62. The van der Waals surface area contributed by atoms with Gasteiger partial charge < -0.3 is 0 Å². The van der Waals surface area contributed by atoms with Gasteiger partial charge in [0.2, 0.25) is 0 Å². The van der Waals surface area contributed by atoms with E-state index in [1.165, 1.54) is 6.34 Å². The Balaban J connectivity index is 2.13. The number of aliphatic imine (C=N–C) groups is 3. The molecule has 0 saturated carbocycles. The lowest BCUT2D eigenvalue weighted by Crippen LogP contribution is -2.33. The summed E-state index contributed by atoms with van der Waals surface area (Å²) in [6.45, 7) is 4.98. The van der Waals surface area contributed by atoms with Gasteiger partial charge in [-0.2, -0.15) is 5.11 Å². The van der Waals surface area contributed by atoms with Crippen LogP contribution in [0.1, 0.15) is 13.8 Å². The first kappa shape index (κ1) is 8.98.